The molecule has 0 spiro atoms. The van der Waals surface area contributed by atoms with E-state index in [-0.39, 0.29) is 11.8 Å². The third-order valence-electron chi connectivity index (χ3n) is 5.07. The lowest BCUT2D eigenvalue weighted by Gasteiger charge is -2.16. The molecule has 0 N–H and O–H groups in total. The number of hydrogen-bond acceptors (Lipinski definition) is 4. The number of carbonyl (C=O) groups excluding carboxylic acids is 1. The summed E-state index contributed by atoms with van der Waals surface area (Å²) in [6.45, 7) is 5.50. The number of aryl methyl sites for hydroxylation is 2. The van der Waals surface area contributed by atoms with Crippen LogP contribution < -0.4 is 0 Å². The van der Waals surface area contributed by atoms with Gasteiger partial charge >= 0.3 is 0 Å². The van der Waals surface area contributed by atoms with Crippen molar-refractivity contribution in [3.63, 3.8) is 0 Å². The highest BCUT2D eigenvalue weighted by atomic mass is 16.5. The molecule has 0 aliphatic carbocycles. The first-order chi connectivity index (χ1) is 13.1. The second kappa shape index (κ2) is 7.35. The van der Waals surface area contributed by atoms with Crippen LogP contribution in [0, 0.1) is 13.8 Å². The van der Waals surface area contributed by atoms with E-state index in [9.17, 15) is 4.79 Å². The second-order valence-corrected chi connectivity index (χ2v) is 7.30. The summed E-state index contributed by atoms with van der Waals surface area (Å²) in [5.74, 6) is 1.29. The zero-order valence-corrected chi connectivity index (χ0v) is 15.7. The lowest BCUT2D eigenvalue weighted by molar-refractivity contribution is -0.127. The molecule has 1 aliphatic rings. The van der Waals surface area contributed by atoms with E-state index < -0.39 is 0 Å². The molecule has 27 heavy (non-hydrogen) atoms. The maximum absolute atomic E-state index is 12.4. The summed E-state index contributed by atoms with van der Waals surface area (Å²) in [4.78, 5) is 18.8. The Labute approximate surface area is 159 Å². The fourth-order valence-electron chi connectivity index (χ4n) is 3.51. The molecule has 2 aromatic carbocycles. The molecule has 3 aromatic rings. The van der Waals surface area contributed by atoms with Gasteiger partial charge in [0, 0.05) is 31.0 Å². The summed E-state index contributed by atoms with van der Waals surface area (Å²) in [5.41, 5.74) is 4.59. The smallest absolute Gasteiger partial charge is 0.257 e. The number of hydrogen-bond donors (Lipinski definition) is 0. The molecule has 4 rings (SSSR count). The molecule has 1 fully saturated rings. The fourth-order valence-corrected chi connectivity index (χ4v) is 3.51. The average Bonchev–Trinajstić information content (AvgIpc) is 3.28. The van der Waals surface area contributed by atoms with Crippen LogP contribution in [0.4, 0.5) is 0 Å². The highest BCUT2D eigenvalue weighted by Crippen LogP contribution is 2.28. The van der Waals surface area contributed by atoms with Gasteiger partial charge in [-0.3, -0.25) is 4.79 Å². The Kier molecular flexibility index (Phi) is 4.75. The summed E-state index contributed by atoms with van der Waals surface area (Å²) in [5, 5.41) is 4.13. The zero-order valence-electron chi connectivity index (χ0n) is 15.7. The molecule has 1 unspecified atom stereocenters. The van der Waals surface area contributed by atoms with E-state index in [1.54, 1.807) is 0 Å². The molecule has 0 radical (unpaired) electrons. The van der Waals surface area contributed by atoms with Crippen molar-refractivity contribution >= 4 is 5.91 Å². The van der Waals surface area contributed by atoms with Crippen molar-refractivity contribution in [2.75, 3.05) is 13.1 Å². The van der Waals surface area contributed by atoms with Gasteiger partial charge in [0.15, 0.2) is 5.82 Å². The van der Waals surface area contributed by atoms with E-state index in [0.717, 1.165) is 18.5 Å². The van der Waals surface area contributed by atoms with Gasteiger partial charge in [0.1, 0.15) is 0 Å². The quantitative estimate of drug-likeness (QED) is 0.691. The Morgan fingerprint density at radius 1 is 1.11 bits per heavy atom. The second-order valence-electron chi connectivity index (χ2n) is 7.30. The summed E-state index contributed by atoms with van der Waals surface area (Å²) in [6, 6.07) is 16.4. The third kappa shape index (κ3) is 3.92. The van der Waals surface area contributed by atoms with Gasteiger partial charge in [-0.05, 0) is 38.0 Å². The van der Waals surface area contributed by atoms with Crippen LogP contribution in [0.15, 0.2) is 53.1 Å². The molecule has 0 saturated carbocycles. The first-order valence-electron chi connectivity index (χ1n) is 9.32. The Balaban J connectivity index is 1.41. The Morgan fingerprint density at radius 2 is 1.93 bits per heavy atom. The monoisotopic (exact) mass is 361 g/mol. The lowest BCUT2D eigenvalue weighted by Crippen LogP contribution is -2.27. The first-order valence-corrected chi connectivity index (χ1v) is 9.32. The van der Waals surface area contributed by atoms with E-state index in [1.165, 1.54) is 16.7 Å². The minimum atomic E-state index is -0.00189. The van der Waals surface area contributed by atoms with Crippen molar-refractivity contribution in [2.45, 2.75) is 32.6 Å². The van der Waals surface area contributed by atoms with E-state index in [0.29, 0.717) is 24.7 Å². The van der Waals surface area contributed by atoms with Gasteiger partial charge < -0.3 is 9.42 Å². The maximum Gasteiger partial charge on any atom is 0.257 e. The van der Waals surface area contributed by atoms with Crippen LogP contribution in [-0.2, 0) is 11.2 Å². The van der Waals surface area contributed by atoms with Crippen LogP contribution in [0.1, 0.15) is 34.9 Å². The standard InChI is InChI=1S/C22H23N3O2/c1-15-6-8-18(9-7-15)22-23-21(24-27-22)19-13-20(26)25(14-19)11-10-17-5-3-4-16(2)12-17/h3-9,12,19H,10-11,13-14H2,1-2H3. The van der Waals surface area contributed by atoms with Crippen LogP contribution in [-0.4, -0.2) is 34.0 Å². The van der Waals surface area contributed by atoms with Crippen molar-refractivity contribution in [1.29, 1.82) is 0 Å². The molecule has 138 valence electrons. The summed E-state index contributed by atoms with van der Waals surface area (Å²) in [6.07, 6.45) is 1.31. The Morgan fingerprint density at radius 3 is 2.70 bits per heavy atom. The molecular formula is C22H23N3O2. The van der Waals surface area contributed by atoms with Crippen molar-refractivity contribution in [3.8, 4) is 11.5 Å². The first kappa shape index (κ1) is 17.5. The number of amides is 1. The molecule has 5 nitrogen and oxygen atoms in total. The summed E-state index contributed by atoms with van der Waals surface area (Å²) < 4.78 is 5.42. The van der Waals surface area contributed by atoms with Gasteiger partial charge in [0.05, 0.1) is 0 Å². The molecule has 1 aliphatic heterocycles. The van der Waals surface area contributed by atoms with Crippen molar-refractivity contribution in [1.82, 2.24) is 15.0 Å². The molecular weight excluding hydrogens is 338 g/mol. The van der Waals surface area contributed by atoms with Gasteiger partial charge in [-0.1, -0.05) is 52.7 Å². The molecule has 1 saturated heterocycles. The molecule has 1 amide bonds. The average molecular weight is 361 g/mol. The number of nitrogens with zero attached hydrogens (tertiary/aromatic N) is 3. The number of benzene rings is 2. The van der Waals surface area contributed by atoms with Crippen LogP contribution in [0.3, 0.4) is 0 Å². The number of likely N-dealkylation sites (tertiary alicyclic amines) is 1. The van der Waals surface area contributed by atoms with Crippen LogP contribution in [0.2, 0.25) is 0 Å². The Hall–Kier alpha value is -2.95. The van der Waals surface area contributed by atoms with Gasteiger partial charge in [0.2, 0.25) is 5.91 Å². The van der Waals surface area contributed by atoms with E-state index in [4.69, 9.17) is 4.52 Å². The van der Waals surface area contributed by atoms with Crippen LogP contribution >= 0.6 is 0 Å². The van der Waals surface area contributed by atoms with Gasteiger partial charge in [-0.25, -0.2) is 0 Å². The highest BCUT2D eigenvalue weighted by Gasteiger charge is 2.33. The molecule has 1 atom stereocenters. The van der Waals surface area contributed by atoms with E-state index in [2.05, 4.69) is 41.3 Å². The minimum absolute atomic E-state index is 0.00189. The SMILES string of the molecule is Cc1ccc(-c2nc(C3CC(=O)N(CCc4cccc(C)c4)C3)no2)cc1. The predicted octanol–water partition coefficient (Wildman–Crippen LogP) is 3.91. The van der Waals surface area contributed by atoms with Crippen LogP contribution in [0.5, 0.6) is 0 Å². The third-order valence-corrected chi connectivity index (χ3v) is 5.07. The highest BCUT2D eigenvalue weighted by molar-refractivity contribution is 5.79. The molecule has 0 bridgehead atoms. The largest absolute Gasteiger partial charge is 0.342 e. The normalized spacial score (nSPS) is 16.9. The summed E-state index contributed by atoms with van der Waals surface area (Å²) in [7, 11) is 0. The number of aromatic nitrogens is 2. The van der Waals surface area contributed by atoms with E-state index in [1.807, 2.05) is 36.1 Å². The molecule has 1 aromatic heterocycles. The lowest BCUT2D eigenvalue weighted by atomic mass is 10.1. The van der Waals surface area contributed by atoms with Crippen molar-refractivity contribution in [2.24, 2.45) is 0 Å². The fraction of sp³-hybridized carbons (Fsp3) is 0.318. The number of carbonyl (C=O) groups is 1. The Bertz CT molecular complexity index is 946. The van der Waals surface area contributed by atoms with Gasteiger partial charge in [0.25, 0.3) is 5.89 Å². The van der Waals surface area contributed by atoms with Crippen molar-refractivity contribution < 1.29 is 9.32 Å². The van der Waals surface area contributed by atoms with Gasteiger partial charge in [-0.2, -0.15) is 4.98 Å². The van der Waals surface area contributed by atoms with Gasteiger partial charge in [-0.15, -0.1) is 0 Å². The summed E-state index contributed by atoms with van der Waals surface area (Å²) >= 11 is 0. The van der Waals surface area contributed by atoms with E-state index >= 15 is 0 Å². The van der Waals surface area contributed by atoms with Crippen molar-refractivity contribution in [3.05, 3.63) is 71.0 Å². The minimum Gasteiger partial charge on any atom is -0.342 e. The van der Waals surface area contributed by atoms with Crippen LogP contribution in [0.25, 0.3) is 11.5 Å². The molecule has 2 heterocycles. The zero-order chi connectivity index (χ0) is 18.8. The number of rotatable bonds is 5. The topological polar surface area (TPSA) is 59.2 Å². The maximum atomic E-state index is 12.4. The predicted molar refractivity (Wildman–Crippen MR) is 103 cm³/mol. The molecule has 5 heteroatoms.